The molecule has 2 heterocycles. The zero-order valence-electron chi connectivity index (χ0n) is 14.6. The summed E-state index contributed by atoms with van der Waals surface area (Å²) in [5, 5.41) is 4.39. The molecule has 0 fully saturated rings. The highest BCUT2D eigenvalue weighted by Gasteiger charge is 2.15. The summed E-state index contributed by atoms with van der Waals surface area (Å²) in [6, 6.07) is 9.78. The summed E-state index contributed by atoms with van der Waals surface area (Å²) in [6.45, 7) is 6.54. The van der Waals surface area contributed by atoms with Gasteiger partial charge in [0.1, 0.15) is 0 Å². The van der Waals surface area contributed by atoms with Gasteiger partial charge in [-0.25, -0.2) is 9.97 Å². The van der Waals surface area contributed by atoms with E-state index < -0.39 is 0 Å². The Morgan fingerprint density at radius 2 is 1.80 bits per heavy atom. The Bertz CT molecular complexity index is 909. The van der Waals surface area contributed by atoms with Crippen LogP contribution in [0.1, 0.15) is 34.2 Å². The molecule has 0 aliphatic carbocycles. The van der Waals surface area contributed by atoms with Crippen LogP contribution in [0.2, 0.25) is 0 Å². The molecule has 0 spiro atoms. The maximum absolute atomic E-state index is 12.5. The second-order valence-electron chi connectivity index (χ2n) is 5.77. The van der Waals surface area contributed by atoms with E-state index in [9.17, 15) is 4.79 Å². The quantitative estimate of drug-likeness (QED) is 0.525. The highest BCUT2D eigenvalue weighted by Crippen LogP contribution is 2.16. The molecule has 0 unspecified atom stereocenters. The van der Waals surface area contributed by atoms with Crippen LogP contribution in [0.15, 0.2) is 48.8 Å². The van der Waals surface area contributed by atoms with Gasteiger partial charge in [0.25, 0.3) is 0 Å². The third kappa shape index (κ3) is 3.55. The van der Waals surface area contributed by atoms with Crippen LogP contribution in [0.5, 0.6) is 0 Å². The Hall–Kier alpha value is -3.08. The molecule has 3 rings (SSSR count). The van der Waals surface area contributed by atoms with Gasteiger partial charge in [-0.1, -0.05) is 30.3 Å². The van der Waals surface area contributed by atoms with Crippen LogP contribution in [0.3, 0.4) is 0 Å². The fourth-order valence-corrected chi connectivity index (χ4v) is 2.78. The van der Waals surface area contributed by atoms with Crippen molar-refractivity contribution >= 4 is 11.9 Å². The van der Waals surface area contributed by atoms with E-state index >= 15 is 0 Å². The molecule has 0 aliphatic heterocycles. The van der Waals surface area contributed by atoms with E-state index in [-0.39, 0.29) is 5.78 Å². The fraction of sp³-hybridized carbons (Fsp3) is 0.200. The fourth-order valence-electron chi connectivity index (χ4n) is 2.78. The number of carbonyl (C=O) groups is 1. The Labute approximate surface area is 147 Å². The average Bonchev–Trinajstić information content (AvgIpc) is 2.94. The summed E-state index contributed by atoms with van der Waals surface area (Å²) >= 11 is 0. The molecule has 3 aromatic rings. The molecular formula is C20H20N4O. The van der Waals surface area contributed by atoms with Gasteiger partial charge >= 0.3 is 0 Å². The third-order valence-corrected chi connectivity index (χ3v) is 4.06. The van der Waals surface area contributed by atoms with Gasteiger partial charge in [-0.05, 0) is 32.9 Å². The van der Waals surface area contributed by atoms with Crippen molar-refractivity contribution in [2.75, 3.05) is 0 Å². The molecule has 0 saturated carbocycles. The molecule has 1 aromatic carbocycles. The molecule has 0 amide bonds. The first-order chi connectivity index (χ1) is 12.1. The molecule has 0 radical (unpaired) electrons. The van der Waals surface area contributed by atoms with E-state index in [1.54, 1.807) is 24.5 Å². The van der Waals surface area contributed by atoms with Gasteiger partial charge in [-0.15, -0.1) is 0 Å². The lowest BCUT2D eigenvalue weighted by molar-refractivity contribution is 0.104. The molecular weight excluding hydrogens is 312 g/mol. The Morgan fingerprint density at radius 3 is 2.40 bits per heavy atom. The first kappa shape index (κ1) is 16.8. The number of ketones is 1. The predicted molar refractivity (Wildman–Crippen MR) is 98.2 cm³/mol. The van der Waals surface area contributed by atoms with Crippen molar-refractivity contribution < 1.29 is 4.79 Å². The number of rotatable bonds is 5. The molecule has 25 heavy (non-hydrogen) atoms. The number of benzene rings is 1. The van der Waals surface area contributed by atoms with Gasteiger partial charge in [0.05, 0.1) is 11.3 Å². The van der Waals surface area contributed by atoms with E-state index in [1.807, 2.05) is 55.8 Å². The van der Waals surface area contributed by atoms with E-state index in [1.165, 1.54) is 0 Å². The van der Waals surface area contributed by atoms with Crippen molar-refractivity contribution in [3.8, 4) is 11.4 Å². The van der Waals surface area contributed by atoms with Gasteiger partial charge in [0.15, 0.2) is 11.6 Å². The van der Waals surface area contributed by atoms with Crippen LogP contribution in [0.25, 0.3) is 17.5 Å². The topological polar surface area (TPSA) is 60.7 Å². The molecule has 5 heteroatoms. The number of aryl methyl sites for hydroxylation is 2. The van der Waals surface area contributed by atoms with Crippen LogP contribution in [0, 0.1) is 13.8 Å². The van der Waals surface area contributed by atoms with Crippen LogP contribution in [0.4, 0.5) is 0 Å². The van der Waals surface area contributed by atoms with Crippen molar-refractivity contribution in [1.29, 1.82) is 0 Å². The summed E-state index contributed by atoms with van der Waals surface area (Å²) in [6.07, 6.45) is 6.72. The summed E-state index contributed by atoms with van der Waals surface area (Å²) in [7, 11) is 0. The molecule has 126 valence electrons. The standard InChI is InChI=1S/C20H20N4O/c1-4-24-15(3)19(14(2)23-24)18(25)11-10-16-12-21-20(22-13-16)17-8-6-5-7-9-17/h5-13H,4H2,1-3H3/b11-10+. The normalized spacial score (nSPS) is 11.2. The van der Waals surface area contributed by atoms with E-state index in [0.29, 0.717) is 11.4 Å². The molecule has 0 atom stereocenters. The number of hydrogen-bond donors (Lipinski definition) is 0. The van der Waals surface area contributed by atoms with Crippen molar-refractivity contribution in [2.24, 2.45) is 0 Å². The van der Waals surface area contributed by atoms with Crippen molar-refractivity contribution in [3.63, 3.8) is 0 Å². The lowest BCUT2D eigenvalue weighted by atomic mass is 10.1. The largest absolute Gasteiger partial charge is 0.289 e. The van der Waals surface area contributed by atoms with E-state index in [4.69, 9.17) is 0 Å². The van der Waals surface area contributed by atoms with Gasteiger partial charge < -0.3 is 0 Å². The summed E-state index contributed by atoms with van der Waals surface area (Å²) < 4.78 is 1.84. The number of hydrogen-bond acceptors (Lipinski definition) is 4. The zero-order chi connectivity index (χ0) is 17.8. The zero-order valence-corrected chi connectivity index (χ0v) is 14.6. The highest BCUT2D eigenvalue weighted by atomic mass is 16.1. The average molecular weight is 332 g/mol. The molecule has 0 N–H and O–H groups in total. The Balaban J connectivity index is 1.78. The lowest BCUT2D eigenvalue weighted by Gasteiger charge is -2.00. The Kier molecular flexibility index (Phi) is 4.84. The minimum atomic E-state index is -0.0539. The first-order valence-corrected chi connectivity index (χ1v) is 8.24. The van der Waals surface area contributed by atoms with Crippen LogP contribution < -0.4 is 0 Å². The van der Waals surface area contributed by atoms with Crippen LogP contribution in [-0.4, -0.2) is 25.5 Å². The number of allylic oxidation sites excluding steroid dienone is 1. The molecule has 0 bridgehead atoms. The maximum Gasteiger partial charge on any atom is 0.189 e. The second-order valence-corrected chi connectivity index (χ2v) is 5.77. The predicted octanol–water partition coefficient (Wildman–Crippen LogP) is 3.87. The molecule has 0 saturated heterocycles. The lowest BCUT2D eigenvalue weighted by Crippen LogP contribution is -2.02. The smallest absolute Gasteiger partial charge is 0.189 e. The van der Waals surface area contributed by atoms with Crippen LogP contribution in [-0.2, 0) is 6.54 Å². The minimum Gasteiger partial charge on any atom is -0.289 e. The van der Waals surface area contributed by atoms with Crippen molar-refractivity contribution in [3.05, 3.63) is 71.3 Å². The van der Waals surface area contributed by atoms with Gasteiger partial charge in [-0.2, -0.15) is 5.10 Å². The number of aromatic nitrogens is 4. The van der Waals surface area contributed by atoms with Crippen molar-refractivity contribution in [1.82, 2.24) is 19.7 Å². The third-order valence-electron chi connectivity index (χ3n) is 4.06. The maximum atomic E-state index is 12.5. The van der Waals surface area contributed by atoms with Gasteiger partial charge in [0, 0.05) is 35.8 Å². The van der Waals surface area contributed by atoms with Crippen LogP contribution >= 0.6 is 0 Å². The Morgan fingerprint density at radius 1 is 1.12 bits per heavy atom. The number of carbonyl (C=O) groups excluding carboxylic acids is 1. The van der Waals surface area contributed by atoms with Gasteiger partial charge in [0.2, 0.25) is 0 Å². The molecule has 5 nitrogen and oxygen atoms in total. The highest BCUT2D eigenvalue weighted by molar-refractivity contribution is 6.08. The first-order valence-electron chi connectivity index (χ1n) is 8.24. The van der Waals surface area contributed by atoms with Gasteiger partial charge in [-0.3, -0.25) is 9.48 Å². The van der Waals surface area contributed by atoms with E-state index in [2.05, 4.69) is 15.1 Å². The van der Waals surface area contributed by atoms with E-state index in [0.717, 1.165) is 29.1 Å². The summed E-state index contributed by atoms with van der Waals surface area (Å²) in [5.74, 6) is 0.613. The molecule has 2 aromatic heterocycles. The number of nitrogens with zero attached hydrogens (tertiary/aromatic N) is 4. The molecule has 0 aliphatic rings. The summed E-state index contributed by atoms with van der Waals surface area (Å²) in [5.41, 5.74) is 4.06. The monoisotopic (exact) mass is 332 g/mol. The van der Waals surface area contributed by atoms with Crippen molar-refractivity contribution in [2.45, 2.75) is 27.3 Å². The minimum absolute atomic E-state index is 0.0539. The second kappa shape index (κ2) is 7.21. The summed E-state index contributed by atoms with van der Waals surface area (Å²) in [4.78, 5) is 21.2. The SMILES string of the molecule is CCn1nc(C)c(C(=O)/C=C/c2cnc(-c3ccccc3)nc2)c1C.